The van der Waals surface area contributed by atoms with Crippen LogP contribution in [0.1, 0.15) is 39.5 Å². The summed E-state index contributed by atoms with van der Waals surface area (Å²) in [5, 5.41) is 0. The maximum atomic E-state index is 12.8. The summed E-state index contributed by atoms with van der Waals surface area (Å²) in [5.41, 5.74) is 0. The summed E-state index contributed by atoms with van der Waals surface area (Å²) in [4.78, 5) is 2.18. The summed E-state index contributed by atoms with van der Waals surface area (Å²) in [6.45, 7) is 5.39. The topological polar surface area (TPSA) is 3.24 Å². The third-order valence-electron chi connectivity index (χ3n) is 2.86. The number of hydrogen-bond donors (Lipinski definition) is 0. The van der Waals surface area contributed by atoms with Crippen LogP contribution in [-0.2, 0) is 0 Å². The molecule has 0 N–H and O–H groups in total. The van der Waals surface area contributed by atoms with Gasteiger partial charge < -0.3 is 4.90 Å². The molecule has 0 spiro atoms. The van der Waals surface area contributed by atoms with Crippen LogP contribution in [0.2, 0.25) is 0 Å². The lowest BCUT2D eigenvalue weighted by Crippen LogP contribution is -2.43. The third-order valence-corrected chi connectivity index (χ3v) is 2.86. The molecule has 1 atom stereocenters. The van der Waals surface area contributed by atoms with Crippen LogP contribution < -0.4 is 0 Å². The van der Waals surface area contributed by atoms with Crippen molar-refractivity contribution >= 4 is 0 Å². The number of piperidine rings is 1. The summed E-state index contributed by atoms with van der Waals surface area (Å²) >= 11 is 0. The lowest BCUT2D eigenvalue weighted by Gasteiger charge is -2.35. The zero-order chi connectivity index (χ0) is 9.90. The maximum absolute atomic E-state index is 12.8. The minimum absolute atomic E-state index is 0.0427. The van der Waals surface area contributed by atoms with Gasteiger partial charge in [-0.2, -0.15) is 0 Å². The molecule has 1 unspecified atom stereocenters. The van der Waals surface area contributed by atoms with Crippen molar-refractivity contribution in [3.63, 3.8) is 0 Å². The Morgan fingerprint density at radius 1 is 1.31 bits per heavy atom. The molecule has 1 rings (SSSR count). The number of halogens is 2. The predicted octanol–water partition coefficient (Wildman–Crippen LogP) is 2.91. The van der Waals surface area contributed by atoms with Crippen LogP contribution in [0.5, 0.6) is 0 Å². The summed E-state index contributed by atoms with van der Waals surface area (Å²) in [6.07, 6.45) is 2.34. The van der Waals surface area contributed by atoms with Gasteiger partial charge in [-0.25, -0.2) is 8.78 Å². The minimum Gasteiger partial charge on any atom is -0.300 e. The quantitative estimate of drug-likeness (QED) is 0.663. The Labute approximate surface area is 79.1 Å². The van der Waals surface area contributed by atoms with E-state index < -0.39 is 5.92 Å². The Hall–Kier alpha value is -0.180. The van der Waals surface area contributed by atoms with Gasteiger partial charge in [-0.1, -0.05) is 13.3 Å². The molecular weight excluding hydrogens is 172 g/mol. The van der Waals surface area contributed by atoms with E-state index in [1.807, 2.05) is 0 Å². The van der Waals surface area contributed by atoms with Crippen molar-refractivity contribution in [3.8, 4) is 0 Å². The highest BCUT2D eigenvalue weighted by Gasteiger charge is 2.34. The second-order valence-corrected chi connectivity index (χ2v) is 4.03. The normalized spacial score (nSPS) is 25.8. The van der Waals surface area contributed by atoms with Gasteiger partial charge in [0.15, 0.2) is 0 Å². The van der Waals surface area contributed by atoms with Gasteiger partial charge in [0.05, 0.1) is 0 Å². The molecule has 13 heavy (non-hydrogen) atoms. The van der Waals surface area contributed by atoms with Gasteiger partial charge in [-0.3, -0.25) is 0 Å². The first-order valence-electron chi connectivity index (χ1n) is 5.17. The van der Waals surface area contributed by atoms with E-state index in [4.69, 9.17) is 0 Å². The molecule has 1 fully saturated rings. The zero-order valence-electron chi connectivity index (χ0n) is 8.52. The fourth-order valence-corrected chi connectivity index (χ4v) is 1.89. The van der Waals surface area contributed by atoms with Crippen molar-refractivity contribution in [2.45, 2.75) is 51.5 Å². The van der Waals surface area contributed by atoms with Crippen LogP contribution in [0, 0.1) is 0 Å². The molecule has 1 heterocycles. The van der Waals surface area contributed by atoms with E-state index in [1.54, 1.807) is 0 Å². The van der Waals surface area contributed by atoms with E-state index in [0.29, 0.717) is 19.1 Å². The van der Waals surface area contributed by atoms with Crippen molar-refractivity contribution in [1.29, 1.82) is 0 Å². The Bertz CT molecular complexity index is 149. The zero-order valence-corrected chi connectivity index (χ0v) is 8.52. The summed E-state index contributed by atoms with van der Waals surface area (Å²) in [5.74, 6) is -2.40. The molecule has 0 aromatic rings. The van der Waals surface area contributed by atoms with Crippen molar-refractivity contribution in [3.05, 3.63) is 0 Å². The average Bonchev–Trinajstić information content (AvgIpc) is 2.04. The second kappa shape index (κ2) is 4.36. The van der Waals surface area contributed by atoms with Gasteiger partial charge in [0.1, 0.15) is 0 Å². The molecule has 1 nitrogen and oxygen atoms in total. The first-order valence-corrected chi connectivity index (χ1v) is 5.17. The largest absolute Gasteiger partial charge is 0.300 e. The lowest BCUT2D eigenvalue weighted by molar-refractivity contribution is -0.0621. The number of nitrogens with zero attached hydrogens (tertiary/aromatic N) is 1. The lowest BCUT2D eigenvalue weighted by atomic mass is 10.0. The highest BCUT2D eigenvalue weighted by atomic mass is 19.3. The highest BCUT2D eigenvalue weighted by molar-refractivity contribution is 4.80. The Kier molecular flexibility index (Phi) is 3.65. The Morgan fingerprint density at radius 3 is 2.31 bits per heavy atom. The van der Waals surface area contributed by atoms with Gasteiger partial charge >= 0.3 is 0 Å². The SMILES string of the molecule is CCCC(C)N1CCC(F)(F)CC1. The molecule has 0 aliphatic carbocycles. The van der Waals surface area contributed by atoms with E-state index in [9.17, 15) is 8.78 Å². The van der Waals surface area contributed by atoms with Crippen LogP contribution in [0.15, 0.2) is 0 Å². The molecule has 0 saturated carbocycles. The Balaban J connectivity index is 2.32. The molecule has 0 aromatic heterocycles. The number of rotatable bonds is 3. The third kappa shape index (κ3) is 3.22. The molecule has 1 saturated heterocycles. The van der Waals surface area contributed by atoms with Crippen LogP contribution in [0.3, 0.4) is 0 Å². The maximum Gasteiger partial charge on any atom is 0.250 e. The standard InChI is InChI=1S/C10H19F2N/c1-3-4-9(2)13-7-5-10(11,12)6-8-13/h9H,3-8H2,1-2H3. The fourth-order valence-electron chi connectivity index (χ4n) is 1.89. The Morgan fingerprint density at radius 2 is 1.85 bits per heavy atom. The second-order valence-electron chi connectivity index (χ2n) is 4.03. The average molecular weight is 191 g/mol. The number of likely N-dealkylation sites (tertiary alicyclic amines) is 1. The fraction of sp³-hybridized carbons (Fsp3) is 1.00. The molecule has 1 aliphatic heterocycles. The number of hydrogen-bond acceptors (Lipinski definition) is 1. The van der Waals surface area contributed by atoms with Crippen molar-refractivity contribution < 1.29 is 8.78 Å². The van der Waals surface area contributed by atoms with Crippen LogP contribution in [-0.4, -0.2) is 30.0 Å². The first kappa shape index (κ1) is 10.9. The predicted molar refractivity (Wildman–Crippen MR) is 50.1 cm³/mol. The van der Waals surface area contributed by atoms with Crippen molar-refractivity contribution in [2.75, 3.05) is 13.1 Å². The van der Waals surface area contributed by atoms with Crippen LogP contribution in [0.4, 0.5) is 8.78 Å². The van der Waals surface area contributed by atoms with Crippen molar-refractivity contribution in [1.82, 2.24) is 4.90 Å². The molecule has 0 amide bonds. The summed E-state index contributed by atoms with van der Waals surface area (Å²) in [7, 11) is 0. The van der Waals surface area contributed by atoms with Gasteiger partial charge in [0.25, 0.3) is 5.92 Å². The van der Waals surface area contributed by atoms with Crippen LogP contribution >= 0.6 is 0 Å². The van der Waals surface area contributed by atoms with E-state index in [0.717, 1.165) is 12.8 Å². The van der Waals surface area contributed by atoms with E-state index in [-0.39, 0.29) is 12.8 Å². The molecule has 3 heteroatoms. The van der Waals surface area contributed by atoms with Gasteiger partial charge in [-0.15, -0.1) is 0 Å². The molecule has 1 aliphatic rings. The van der Waals surface area contributed by atoms with E-state index >= 15 is 0 Å². The monoisotopic (exact) mass is 191 g/mol. The van der Waals surface area contributed by atoms with Gasteiger partial charge in [-0.05, 0) is 13.3 Å². The molecular formula is C10H19F2N. The minimum atomic E-state index is -2.40. The summed E-state index contributed by atoms with van der Waals surface area (Å²) in [6, 6.07) is 0.473. The molecule has 0 radical (unpaired) electrons. The van der Waals surface area contributed by atoms with Gasteiger partial charge in [0.2, 0.25) is 0 Å². The van der Waals surface area contributed by atoms with E-state index in [2.05, 4.69) is 18.7 Å². The molecule has 78 valence electrons. The van der Waals surface area contributed by atoms with E-state index in [1.165, 1.54) is 0 Å². The van der Waals surface area contributed by atoms with Gasteiger partial charge in [0, 0.05) is 32.0 Å². The number of alkyl halides is 2. The summed E-state index contributed by atoms with van der Waals surface area (Å²) < 4.78 is 25.6. The first-order chi connectivity index (χ1) is 6.05. The van der Waals surface area contributed by atoms with Crippen LogP contribution in [0.25, 0.3) is 0 Å². The smallest absolute Gasteiger partial charge is 0.250 e. The van der Waals surface area contributed by atoms with Crippen molar-refractivity contribution in [2.24, 2.45) is 0 Å². The molecule has 0 bridgehead atoms. The molecule has 0 aromatic carbocycles. The highest BCUT2D eigenvalue weighted by Crippen LogP contribution is 2.28.